The number of carbonyl (C=O) groups is 1. The molecule has 0 saturated carbocycles. The number of nitrogens with zero attached hydrogens (tertiary/aromatic N) is 2. The Morgan fingerprint density at radius 1 is 1.20 bits per heavy atom. The molecule has 15 heavy (non-hydrogen) atoms. The predicted molar refractivity (Wildman–Crippen MR) is 59.9 cm³/mol. The molecule has 0 aromatic heterocycles. The standard InChI is InChI=1S/C11H21N3O/c1-13-8-5-10(9-13)12-11(15)14-6-3-2-4-7-14/h10H,2-9H2,1H3,(H,12,15). The molecule has 1 atom stereocenters. The van der Waals surface area contributed by atoms with Crippen LogP contribution in [0.25, 0.3) is 0 Å². The van der Waals surface area contributed by atoms with E-state index in [9.17, 15) is 4.79 Å². The molecule has 86 valence electrons. The average Bonchev–Trinajstić information content (AvgIpc) is 2.65. The van der Waals surface area contributed by atoms with Gasteiger partial charge >= 0.3 is 6.03 Å². The smallest absolute Gasteiger partial charge is 0.317 e. The van der Waals surface area contributed by atoms with Crippen LogP contribution in [0, 0.1) is 0 Å². The molecular formula is C11H21N3O. The van der Waals surface area contributed by atoms with Gasteiger partial charge in [0.25, 0.3) is 0 Å². The van der Waals surface area contributed by atoms with Gasteiger partial charge in [0.1, 0.15) is 0 Å². The lowest BCUT2D eigenvalue weighted by atomic mass is 10.1. The fourth-order valence-electron chi connectivity index (χ4n) is 2.42. The Labute approximate surface area is 91.6 Å². The number of urea groups is 1. The van der Waals surface area contributed by atoms with Gasteiger partial charge in [-0.15, -0.1) is 0 Å². The quantitative estimate of drug-likeness (QED) is 0.699. The molecule has 2 saturated heterocycles. The molecule has 0 aliphatic carbocycles. The monoisotopic (exact) mass is 211 g/mol. The fourth-order valence-corrected chi connectivity index (χ4v) is 2.42. The van der Waals surface area contributed by atoms with Gasteiger partial charge in [-0.25, -0.2) is 4.79 Å². The molecule has 2 heterocycles. The molecule has 1 unspecified atom stereocenters. The summed E-state index contributed by atoms with van der Waals surface area (Å²) >= 11 is 0. The van der Waals surface area contributed by atoms with E-state index in [-0.39, 0.29) is 6.03 Å². The SMILES string of the molecule is CN1CCC(NC(=O)N2CCCCC2)C1. The third kappa shape index (κ3) is 2.84. The lowest BCUT2D eigenvalue weighted by Gasteiger charge is -2.28. The number of piperidine rings is 1. The van der Waals surface area contributed by atoms with Gasteiger partial charge in [-0.1, -0.05) is 0 Å². The zero-order valence-electron chi connectivity index (χ0n) is 9.54. The van der Waals surface area contributed by atoms with Gasteiger partial charge < -0.3 is 15.1 Å². The largest absolute Gasteiger partial charge is 0.334 e. The Kier molecular flexibility index (Phi) is 3.46. The Balaban J connectivity index is 1.76. The molecule has 0 aromatic carbocycles. The molecule has 4 nitrogen and oxygen atoms in total. The van der Waals surface area contributed by atoms with Crippen LogP contribution in [0.15, 0.2) is 0 Å². The summed E-state index contributed by atoms with van der Waals surface area (Å²) in [4.78, 5) is 16.1. The molecule has 0 aromatic rings. The zero-order chi connectivity index (χ0) is 10.7. The van der Waals surface area contributed by atoms with Crippen LogP contribution in [-0.4, -0.2) is 55.1 Å². The Hall–Kier alpha value is -0.770. The first-order valence-corrected chi connectivity index (χ1v) is 6.00. The summed E-state index contributed by atoms with van der Waals surface area (Å²) in [6.45, 7) is 3.98. The van der Waals surface area contributed by atoms with Crippen molar-refractivity contribution in [3.8, 4) is 0 Å². The molecule has 2 aliphatic rings. The van der Waals surface area contributed by atoms with E-state index in [0.717, 1.165) is 45.4 Å². The number of hydrogen-bond acceptors (Lipinski definition) is 2. The maximum Gasteiger partial charge on any atom is 0.317 e. The van der Waals surface area contributed by atoms with E-state index < -0.39 is 0 Å². The number of nitrogens with one attached hydrogen (secondary N) is 1. The molecular weight excluding hydrogens is 190 g/mol. The molecule has 0 bridgehead atoms. The second-order valence-corrected chi connectivity index (χ2v) is 4.75. The molecule has 2 rings (SSSR count). The zero-order valence-corrected chi connectivity index (χ0v) is 9.54. The number of carbonyl (C=O) groups excluding carboxylic acids is 1. The van der Waals surface area contributed by atoms with E-state index in [2.05, 4.69) is 17.3 Å². The third-order valence-electron chi connectivity index (χ3n) is 3.36. The van der Waals surface area contributed by atoms with E-state index in [0.29, 0.717) is 6.04 Å². The summed E-state index contributed by atoms with van der Waals surface area (Å²) in [7, 11) is 2.10. The van der Waals surface area contributed by atoms with E-state index in [4.69, 9.17) is 0 Å². The van der Waals surface area contributed by atoms with Gasteiger partial charge in [0.2, 0.25) is 0 Å². The highest BCUT2D eigenvalue weighted by molar-refractivity contribution is 5.74. The summed E-state index contributed by atoms with van der Waals surface area (Å²) in [6.07, 6.45) is 4.70. The number of rotatable bonds is 1. The fraction of sp³-hybridized carbons (Fsp3) is 0.909. The van der Waals surface area contributed by atoms with Crippen molar-refractivity contribution in [1.29, 1.82) is 0 Å². The van der Waals surface area contributed by atoms with Crippen LogP contribution >= 0.6 is 0 Å². The van der Waals surface area contributed by atoms with Crippen LogP contribution in [0.4, 0.5) is 4.79 Å². The van der Waals surface area contributed by atoms with Crippen molar-refractivity contribution in [3.63, 3.8) is 0 Å². The maximum absolute atomic E-state index is 11.9. The van der Waals surface area contributed by atoms with E-state index in [1.54, 1.807) is 0 Å². The second kappa shape index (κ2) is 4.84. The van der Waals surface area contributed by atoms with Crippen LogP contribution in [-0.2, 0) is 0 Å². The molecule has 0 spiro atoms. The molecule has 2 amide bonds. The summed E-state index contributed by atoms with van der Waals surface area (Å²) in [5.74, 6) is 0. The Bertz CT molecular complexity index is 226. The van der Waals surface area contributed by atoms with Gasteiger partial charge in [-0.05, 0) is 39.3 Å². The van der Waals surface area contributed by atoms with Crippen molar-refractivity contribution in [1.82, 2.24) is 15.1 Å². The number of likely N-dealkylation sites (tertiary alicyclic amines) is 2. The number of amides is 2. The predicted octanol–water partition coefficient (Wildman–Crippen LogP) is 0.886. The minimum Gasteiger partial charge on any atom is -0.334 e. The second-order valence-electron chi connectivity index (χ2n) is 4.75. The van der Waals surface area contributed by atoms with Crippen LogP contribution in [0.3, 0.4) is 0 Å². The van der Waals surface area contributed by atoms with Gasteiger partial charge in [-0.2, -0.15) is 0 Å². The lowest BCUT2D eigenvalue weighted by Crippen LogP contribution is -2.47. The van der Waals surface area contributed by atoms with Gasteiger partial charge in [0, 0.05) is 25.7 Å². The minimum absolute atomic E-state index is 0.148. The van der Waals surface area contributed by atoms with Crippen LogP contribution in [0.1, 0.15) is 25.7 Å². The van der Waals surface area contributed by atoms with Gasteiger partial charge in [-0.3, -0.25) is 0 Å². The average molecular weight is 211 g/mol. The molecule has 4 heteroatoms. The van der Waals surface area contributed by atoms with Crippen molar-refractivity contribution >= 4 is 6.03 Å². The molecule has 2 aliphatic heterocycles. The Morgan fingerprint density at radius 3 is 2.53 bits per heavy atom. The summed E-state index contributed by atoms with van der Waals surface area (Å²) in [5, 5.41) is 3.12. The summed E-state index contributed by atoms with van der Waals surface area (Å²) in [6, 6.07) is 0.513. The van der Waals surface area contributed by atoms with E-state index in [1.165, 1.54) is 6.42 Å². The summed E-state index contributed by atoms with van der Waals surface area (Å²) in [5.41, 5.74) is 0. The molecule has 0 radical (unpaired) electrons. The lowest BCUT2D eigenvalue weighted by molar-refractivity contribution is 0.182. The Morgan fingerprint density at radius 2 is 1.93 bits per heavy atom. The molecule has 1 N–H and O–H groups in total. The van der Waals surface area contributed by atoms with Crippen LogP contribution in [0.5, 0.6) is 0 Å². The van der Waals surface area contributed by atoms with Crippen LogP contribution in [0.2, 0.25) is 0 Å². The topological polar surface area (TPSA) is 35.6 Å². The number of hydrogen-bond donors (Lipinski definition) is 1. The van der Waals surface area contributed by atoms with Gasteiger partial charge in [0.15, 0.2) is 0 Å². The highest BCUT2D eigenvalue weighted by atomic mass is 16.2. The summed E-state index contributed by atoms with van der Waals surface area (Å²) < 4.78 is 0. The van der Waals surface area contributed by atoms with Crippen molar-refractivity contribution < 1.29 is 4.79 Å². The first-order valence-electron chi connectivity index (χ1n) is 6.00. The highest BCUT2D eigenvalue weighted by Crippen LogP contribution is 2.10. The van der Waals surface area contributed by atoms with E-state index >= 15 is 0 Å². The number of likely N-dealkylation sites (N-methyl/N-ethyl adjacent to an activating group) is 1. The minimum atomic E-state index is 0.148. The van der Waals surface area contributed by atoms with E-state index in [1.807, 2.05) is 4.90 Å². The van der Waals surface area contributed by atoms with Crippen molar-refractivity contribution in [3.05, 3.63) is 0 Å². The molecule has 2 fully saturated rings. The normalized spacial score (nSPS) is 28.1. The van der Waals surface area contributed by atoms with Crippen molar-refractivity contribution in [2.75, 3.05) is 33.2 Å². The first kappa shape index (κ1) is 10.7. The highest BCUT2D eigenvalue weighted by Gasteiger charge is 2.24. The van der Waals surface area contributed by atoms with Crippen molar-refractivity contribution in [2.45, 2.75) is 31.7 Å². The van der Waals surface area contributed by atoms with Crippen LogP contribution < -0.4 is 5.32 Å². The van der Waals surface area contributed by atoms with Crippen molar-refractivity contribution in [2.24, 2.45) is 0 Å². The van der Waals surface area contributed by atoms with Gasteiger partial charge in [0.05, 0.1) is 0 Å². The third-order valence-corrected chi connectivity index (χ3v) is 3.36. The maximum atomic E-state index is 11.9. The first-order chi connectivity index (χ1) is 7.25.